The topological polar surface area (TPSA) is 173 Å². The minimum Gasteiger partial charge on any atom is -0.467 e. The third-order valence-electron chi connectivity index (χ3n) is 6.84. The van der Waals surface area contributed by atoms with Gasteiger partial charge < -0.3 is 30.7 Å². The lowest BCUT2D eigenvalue weighted by molar-refractivity contribution is -0.142. The fraction of sp³-hybridized carbons (Fsp3) is 0.235. The molecule has 1 atom stereocenters. The highest BCUT2D eigenvalue weighted by Gasteiger charge is 2.25. The summed E-state index contributed by atoms with van der Waals surface area (Å²) in [4.78, 5) is 58.9. The standard InChI is InChI=1S/C34H37N7O6/c1-22-29(30(42)41-28(31(43)46-3)21-36-33(44)39-25-14-6-4-7-15-25)23(2)38-32(37-22)35-19-11-13-24-12-10-18-27(20-24)47-34(45)40-26-16-8-5-9-17-26/h4-10,12,14-18,20,28H,11,13,19,21H2,1-3H3,(H,40,45)(H,41,42)(H,35,37,38)(H2,36,39,44)/t28-/m0/s1. The third kappa shape index (κ3) is 10.6. The molecular formula is C34H37N7O6. The molecule has 0 bridgehead atoms. The van der Waals surface area contributed by atoms with Crippen molar-refractivity contribution in [1.29, 1.82) is 0 Å². The summed E-state index contributed by atoms with van der Waals surface area (Å²) < 4.78 is 10.2. The van der Waals surface area contributed by atoms with E-state index < -0.39 is 30.0 Å². The summed E-state index contributed by atoms with van der Waals surface area (Å²) in [5.74, 6) is -0.504. The molecule has 244 valence electrons. The number of amides is 4. The molecule has 4 aromatic rings. The summed E-state index contributed by atoms with van der Waals surface area (Å²) in [5, 5.41) is 13.7. The number of nitrogens with one attached hydrogen (secondary N) is 5. The molecule has 1 heterocycles. The van der Waals surface area contributed by atoms with Crippen molar-refractivity contribution in [2.45, 2.75) is 32.7 Å². The fourth-order valence-corrected chi connectivity index (χ4v) is 4.61. The molecule has 0 aliphatic rings. The number of urea groups is 1. The third-order valence-corrected chi connectivity index (χ3v) is 6.84. The number of para-hydroxylation sites is 2. The summed E-state index contributed by atoms with van der Waals surface area (Å²) >= 11 is 0. The molecule has 13 heteroatoms. The van der Waals surface area contributed by atoms with E-state index in [1.807, 2.05) is 42.5 Å². The van der Waals surface area contributed by atoms with Gasteiger partial charge in [0.15, 0.2) is 0 Å². The largest absolute Gasteiger partial charge is 0.467 e. The lowest BCUT2D eigenvalue weighted by atomic mass is 10.1. The number of aryl methyl sites for hydroxylation is 3. The van der Waals surface area contributed by atoms with Crippen molar-refractivity contribution in [3.63, 3.8) is 0 Å². The Labute approximate surface area is 272 Å². The van der Waals surface area contributed by atoms with E-state index in [1.54, 1.807) is 56.3 Å². The van der Waals surface area contributed by atoms with Crippen LogP contribution in [0.3, 0.4) is 0 Å². The van der Waals surface area contributed by atoms with Crippen LogP contribution in [0.2, 0.25) is 0 Å². The average Bonchev–Trinajstić information content (AvgIpc) is 3.05. The predicted octanol–water partition coefficient (Wildman–Crippen LogP) is 4.84. The smallest absolute Gasteiger partial charge is 0.417 e. The van der Waals surface area contributed by atoms with Crippen molar-refractivity contribution in [2.75, 3.05) is 36.1 Å². The monoisotopic (exact) mass is 639 g/mol. The molecule has 0 aliphatic heterocycles. The molecule has 0 unspecified atom stereocenters. The van der Waals surface area contributed by atoms with Crippen molar-refractivity contribution in [1.82, 2.24) is 20.6 Å². The molecule has 0 saturated carbocycles. The Morgan fingerprint density at radius 2 is 1.45 bits per heavy atom. The molecule has 0 spiro atoms. The lowest BCUT2D eigenvalue weighted by Gasteiger charge is -2.19. The van der Waals surface area contributed by atoms with Gasteiger partial charge in [0.25, 0.3) is 5.91 Å². The molecule has 0 radical (unpaired) electrons. The molecule has 0 aliphatic carbocycles. The molecule has 3 aromatic carbocycles. The number of rotatable bonds is 13. The number of carbonyl (C=O) groups excluding carboxylic acids is 4. The highest BCUT2D eigenvalue weighted by atomic mass is 16.6. The fourth-order valence-electron chi connectivity index (χ4n) is 4.61. The van der Waals surface area contributed by atoms with Crippen molar-refractivity contribution in [3.05, 3.63) is 107 Å². The first-order valence-corrected chi connectivity index (χ1v) is 14.9. The highest BCUT2D eigenvalue weighted by Crippen LogP contribution is 2.17. The first-order valence-electron chi connectivity index (χ1n) is 14.9. The van der Waals surface area contributed by atoms with Crippen LogP contribution in [-0.4, -0.2) is 60.2 Å². The van der Waals surface area contributed by atoms with Crippen LogP contribution in [0.5, 0.6) is 5.75 Å². The molecular weight excluding hydrogens is 602 g/mol. The Balaban J connectivity index is 1.27. The molecule has 47 heavy (non-hydrogen) atoms. The van der Waals surface area contributed by atoms with Crippen molar-refractivity contribution < 1.29 is 28.7 Å². The van der Waals surface area contributed by atoms with E-state index in [4.69, 9.17) is 9.47 Å². The Hall–Kier alpha value is -5.98. The van der Waals surface area contributed by atoms with Crippen molar-refractivity contribution in [2.24, 2.45) is 0 Å². The number of anilines is 3. The zero-order valence-electron chi connectivity index (χ0n) is 26.3. The van der Waals surface area contributed by atoms with Gasteiger partial charge in [0.05, 0.1) is 30.6 Å². The SMILES string of the molecule is COC(=O)[C@H](CNC(=O)Nc1ccccc1)NC(=O)c1c(C)nc(NCCCc2cccc(OC(=O)Nc3ccccc3)c2)nc1C. The second-order valence-electron chi connectivity index (χ2n) is 10.4. The van der Waals surface area contributed by atoms with Crippen LogP contribution >= 0.6 is 0 Å². The van der Waals surface area contributed by atoms with Gasteiger partial charge in [-0.15, -0.1) is 0 Å². The van der Waals surface area contributed by atoms with Crippen LogP contribution in [0.1, 0.15) is 33.7 Å². The Morgan fingerprint density at radius 3 is 2.09 bits per heavy atom. The highest BCUT2D eigenvalue weighted by molar-refractivity contribution is 5.99. The van der Waals surface area contributed by atoms with E-state index in [0.717, 1.165) is 12.0 Å². The van der Waals surface area contributed by atoms with E-state index in [0.29, 0.717) is 47.4 Å². The Morgan fingerprint density at radius 1 is 0.809 bits per heavy atom. The number of hydrogen-bond donors (Lipinski definition) is 5. The Bertz CT molecular complexity index is 1660. The predicted molar refractivity (Wildman–Crippen MR) is 178 cm³/mol. The second-order valence-corrected chi connectivity index (χ2v) is 10.4. The minimum atomic E-state index is -1.15. The van der Waals surface area contributed by atoms with Gasteiger partial charge in [-0.1, -0.05) is 48.5 Å². The molecule has 1 aromatic heterocycles. The number of ether oxygens (including phenoxy) is 2. The number of aromatic nitrogens is 2. The number of carbonyl (C=O) groups is 4. The summed E-state index contributed by atoms with van der Waals surface area (Å²) in [5.41, 5.74) is 3.24. The number of nitrogens with zero attached hydrogens (tertiary/aromatic N) is 2. The van der Waals surface area contributed by atoms with Crippen LogP contribution < -0.4 is 31.3 Å². The van der Waals surface area contributed by atoms with Crippen molar-refractivity contribution in [3.8, 4) is 5.75 Å². The van der Waals surface area contributed by atoms with E-state index in [9.17, 15) is 19.2 Å². The van der Waals surface area contributed by atoms with Crippen LogP contribution in [0.15, 0.2) is 84.9 Å². The maximum absolute atomic E-state index is 13.2. The number of hydrogen-bond acceptors (Lipinski definition) is 9. The van der Waals surface area contributed by atoms with Crippen LogP contribution in [-0.2, 0) is 16.0 Å². The zero-order chi connectivity index (χ0) is 33.6. The van der Waals surface area contributed by atoms with E-state index in [2.05, 4.69) is 36.6 Å². The summed E-state index contributed by atoms with van der Waals surface area (Å²) in [6, 6.07) is 23.5. The van der Waals surface area contributed by atoms with Crippen LogP contribution in [0, 0.1) is 13.8 Å². The van der Waals surface area contributed by atoms with Crippen molar-refractivity contribution >= 4 is 41.3 Å². The van der Waals surface area contributed by atoms with Crippen LogP contribution in [0.4, 0.5) is 26.9 Å². The normalized spacial score (nSPS) is 11.0. The van der Waals surface area contributed by atoms with E-state index in [1.165, 1.54) is 7.11 Å². The lowest BCUT2D eigenvalue weighted by Crippen LogP contribution is -2.50. The van der Waals surface area contributed by atoms with Gasteiger partial charge in [-0.05, 0) is 68.7 Å². The summed E-state index contributed by atoms with van der Waals surface area (Å²) in [7, 11) is 1.20. The first kappa shape index (κ1) is 33.9. The van der Waals surface area contributed by atoms with Gasteiger partial charge in [-0.25, -0.2) is 24.4 Å². The van der Waals surface area contributed by atoms with Gasteiger partial charge in [0.2, 0.25) is 5.95 Å². The van der Waals surface area contributed by atoms with Gasteiger partial charge >= 0.3 is 18.1 Å². The number of benzene rings is 3. The maximum Gasteiger partial charge on any atom is 0.417 e. The molecule has 4 rings (SSSR count). The molecule has 5 N–H and O–H groups in total. The minimum absolute atomic E-state index is 0.203. The van der Waals surface area contributed by atoms with Gasteiger partial charge in [0, 0.05) is 17.9 Å². The maximum atomic E-state index is 13.2. The quantitative estimate of drug-likeness (QED) is 0.101. The first-order chi connectivity index (χ1) is 22.7. The second kappa shape index (κ2) is 16.9. The Kier molecular flexibility index (Phi) is 12.2. The molecule has 4 amide bonds. The van der Waals surface area contributed by atoms with E-state index in [-0.39, 0.29) is 12.1 Å². The summed E-state index contributed by atoms with van der Waals surface area (Å²) in [6.45, 7) is 3.69. The number of methoxy groups -OCH3 is 1. The number of esters is 1. The van der Waals surface area contributed by atoms with Gasteiger partial charge in [-0.3, -0.25) is 10.1 Å². The molecule has 13 nitrogen and oxygen atoms in total. The zero-order valence-corrected chi connectivity index (χ0v) is 26.3. The van der Waals surface area contributed by atoms with E-state index >= 15 is 0 Å². The average molecular weight is 640 g/mol. The summed E-state index contributed by atoms with van der Waals surface area (Å²) in [6.07, 6.45) is 0.864. The molecule has 0 fully saturated rings. The molecule has 0 saturated heterocycles. The van der Waals surface area contributed by atoms with Gasteiger partial charge in [-0.2, -0.15) is 0 Å². The van der Waals surface area contributed by atoms with Gasteiger partial charge in [0.1, 0.15) is 11.8 Å². The van der Waals surface area contributed by atoms with Crippen LogP contribution in [0.25, 0.3) is 0 Å².